The van der Waals surface area contributed by atoms with Crippen LogP contribution in [0.15, 0.2) is 0 Å². The summed E-state index contributed by atoms with van der Waals surface area (Å²) in [4.78, 5) is 21.6. The van der Waals surface area contributed by atoms with Crippen LogP contribution in [0, 0.1) is 0 Å². The molecule has 2 radical (unpaired) electrons. The van der Waals surface area contributed by atoms with Crippen LogP contribution in [0.3, 0.4) is 0 Å². The molecule has 18 heavy (non-hydrogen) atoms. The van der Waals surface area contributed by atoms with Crippen molar-refractivity contribution in [2.75, 3.05) is 44.8 Å². The fraction of sp³-hybridized carbons (Fsp3) is 0.800. The van der Waals surface area contributed by atoms with Gasteiger partial charge in [-0.1, -0.05) is 15.9 Å². The molecule has 0 aliphatic heterocycles. The van der Waals surface area contributed by atoms with E-state index in [2.05, 4.69) is 26.6 Å². The first-order chi connectivity index (χ1) is 8.70. The summed E-state index contributed by atoms with van der Waals surface area (Å²) >= 11 is 3.04. The number of halogens is 1. The van der Waals surface area contributed by atoms with Crippen molar-refractivity contribution in [3.8, 4) is 0 Å². The molecule has 0 fully saturated rings. The van der Waals surface area contributed by atoms with Crippen molar-refractivity contribution >= 4 is 35.6 Å². The van der Waals surface area contributed by atoms with Gasteiger partial charge in [-0.15, -0.1) is 0 Å². The van der Waals surface area contributed by atoms with Gasteiger partial charge in [0.15, 0.2) is 0 Å². The smallest absolute Gasteiger partial charge is 0.230 e. The molecule has 0 saturated carbocycles. The highest BCUT2D eigenvalue weighted by Gasteiger charge is 1.97. The number of amides is 2. The molecule has 6 nitrogen and oxygen atoms in total. The van der Waals surface area contributed by atoms with Gasteiger partial charge in [-0.2, -0.15) is 0 Å². The third-order valence-electron chi connectivity index (χ3n) is 1.82. The first kappa shape index (κ1) is 17.4. The van der Waals surface area contributed by atoms with Crippen molar-refractivity contribution in [3.63, 3.8) is 0 Å². The average molecular weight is 321 g/mol. The van der Waals surface area contributed by atoms with E-state index in [-0.39, 0.29) is 18.1 Å². The highest BCUT2D eigenvalue weighted by Crippen LogP contribution is 1.81. The largest absolute Gasteiger partial charge is 0.377 e. The number of hydrogen-bond acceptors (Lipinski definition) is 4. The average Bonchev–Trinajstić information content (AvgIpc) is 2.40. The SMILES string of the molecule is [B]CC(=O)NCCOCCOCCNC(=O)CBr. The van der Waals surface area contributed by atoms with Crippen molar-refractivity contribution in [3.05, 3.63) is 0 Å². The van der Waals surface area contributed by atoms with Gasteiger partial charge in [-0.05, 0) is 6.32 Å². The second kappa shape index (κ2) is 12.9. The van der Waals surface area contributed by atoms with Crippen molar-refractivity contribution in [2.24, 2.45) is 0 Å². The summed E-state index contributed by atoms with van der Waals surface area (Å²) < 4.78 is 10.4. The van der Waals surface area contributed by atoms with E-state index in [0.717, 1.165) is 0 Å². The molecule has 0 bridgehead atoms. The first-order valence-electron chi connectivity index (χ1n) is 5.65. The second-order valence-electron chi connectivity index (χ2n) is 3.26. The molecule has 0 aromatic heterocycles. The Hall–Kier alpha value is -0.595. The molecule has 0 aromatic carbocycles. The molecule has 0 saturated heterocycles. The van der Waals surface area contributed by atoms with Crippen LogP contribution in [0.1, 0.15) is 0 Å². The predicted octanol–water partition coefficient (Wildman–Crippen LogP) is -0.766. The molecule has 0 aromatic rings. The Kier molecular flexibility index (Phi) is 12.4. The predicted molar refractivity (Wildman–Crippen MR) is 72.0 cm³/mol. The van der Waals surface area contributed by atoms with Gasteiger partial charge < -0.3 is 20.1 Å². The lowest BCUT2D eigenvalue weighted by atomic mass is 10.1. The van der Waals surface area contributed by atoms with Gasteiger partial charge in [0.1, 0.15) is 0 Å². The van der Waals surface area contributed by atoms with E-state index in [0.29, 0.717) is 44.8 Å². The Morgan fingerprint density at radius 3 is 1.89 bits per heavy atom. The summed E-state index contributed by atoms with van der Waals surface area (Å²) in [6.45, 7) is 2.70. The quantitative estimate of drug-likeness (QED) is 0.298. The lowest BCUT2D eigenvalue weighted by molar-refractivity contribution is -0.119. The van der Waals surface area contributed by atoms with E-state index in [1.807, 2.05) is 0 Å². The Bertz CT molecular complexity index is 220. The molecule has 0 aliphatic carbocycles. The normalized spacial score (nSPS) is 10.1. The number of alkyl halides is 1. The van der Waals surface area contributed by atoms with Crippen LogP contribution in [0.2, 0.25) is 6.32 Å². The van der Waals surface area contributed by atoms with Gasteiger partial charge in [0, 0.05) is 13.1 Å². The highest BCUT2D eigenvalue weighted by atomic mass is 79.9. The molecule has 102 valence electrons. The van der Waals surface area contributed by atoms with Crippen LogP contribution < -0.4 is 10.6 Å². The lowest BCUT2D eigenvalue weighted by Crippen LogP contribution is -2.28. The van der Waals surface area contributed by atoms with Crippen LogP contribution in [0.5, 0.6) is 0 Å². The minimum absolute atomic E-state index is 0.0107. The van der Waals surface area contributed by atoms with Crippen LogP contribution in [0.25, 0.3) is 0 Å². The van der Waals surface area contributed by atoms with Crippen LogP contribution in [-0.2, 0) is 19.1 Å². The van der Waals surface area contributed by atoms with Crippen LogP contribution in [-0.4, -0.2) is 64.5 Å². The molecular weight excluding hydrogens is 303 g/mol. The monoisotopic (exact) mass is 320 g/mol. The third kappa shape index (κ3) is 11.9. The van der Waals surface area contributed by atoms with Crippen LogP contribution in [0.4, 0.5) is 0 Å². The molecule has 0 atom stereocenters. The molecule has 0 aliphatic rings. The fourth-order valence-electron chi connectivity index (χ4n) is 0.967. The topological polar surface area (TPSA) is 76.7 Å². The summed E-state index contributed by atoms with van der Waals surface area (Å²) in [5.74, 6) is -0.261. The zero-order valence-electron chi connectivity index (χ0n) is 10.2. The molecule has 2 N–H and O–H groups in total. The number of rotatable bonds is 11. The lowest BCUT2D eigenvalue weighted by Gasteiger charge is -2.07. The molecule has 0 unspecified atom stereocenters. The zero-order valence-corrected chi connectivity index (χ0v) is 11.8. The number of carbonyl (C=O) groups excluding carboxylic acids is 2. The van der Waals surface area contributed by atoms with Crippen molar-refractivity contribution in [1.82, 2.24) is 10.6 Å². The van der Waals surface area contributed by atoms with E-state index in [1.54, 1.807) is 0 Å². The highest BCUT2D eigenvalue weighted by molar-refractivity contribution is 9.09. The van der Waals surface area contributed by atoms with Crippen molar-refractivity contribution in [2.45, 2.75) is 6.32 Å². The molecule has 0 spiro atoms. The first-order valence-corrected chi connectivity index (χ1v) is 6.77. The third-order valence-corrected chi connectivity index (χ3v) is 2.33. The Labute approximate surface area is 117 Å². The Morgan fingerprint density at radius 2 is 1.44 bits per heavy atom. The number of nitrogens with one attached hydrogen (secondary N) is 2. The standard InChI is InChI=1S/C10H18BBrN2O4/c11-7-9(15)13-1-3-17-5-6-18-4-2-14-10(16)8-12/h1-8H2,(H,13,15)(H,14,16). The van der Waals surface area contributed by atoms with Gasteiger partial charge in [0.05, 0.1) is 39.6 Å². The van der Waals surface area contributed by atoms with E-state index in [4.69, 9.17) is 17.3 Å². The van der Waals surface area contributed by atoms with Gasteiger partial charge in [0.2, 0.25) is 11.8 Å². The number of hydrogen-bond donors (Lipinski definition) is 2. The Morgan fingerprint density at radius 1 is 0.944 bits per heavy atom. The van der Waals surface area contributed by atoms with Gasteiger partial charge in [-0.3, -0.25) is 9.59 Å². The summed E-state index contributed by atoms with van der Waals surface area (Å²) in [7, 11) is 5.11. The maximum atomic E-state index is 10.8. The summed E-state index contributed by atoms with van der Waals surface area (Å²) in [5.41, 5.74) is 0. The van der Waals surface area contributed by atoms with Crippen molar-refractivity contribution in [1.29, 1.82) is 0 Å². The molecule has 2 amide bonds. The summed E-state index contributed by atoms with van der Waals surface area (Å²) in [6.07, 6.45) is -0.0107. The fourth-order valence-corrected chi connectivity index (χ4v) is 1.16. The van der Waals surface area contributed by atoms with Gasteiger partial charge in [-0.25, -0.2) is 0 Å². The maximum absolute atomic E-state index is 10.8. The minimum Gasteiger partial charge on any atom is -0.377 e. The molecular formula is C10H18BBrN2O4. The molecule has 0 rings (SSSR count). The minimum atomic E-state index is -0.197. The van der Waals surface area contributed by atoms with Crippen molar-refractivity contribution < 1.29 is 19.1 Å². The summed E-state index contributed by atoms with van der Waals surface area (Å²) in [6, 6.07) is 0. The van der Waals surface area contributed by atoms with E-state index in [9.17, 15) is 9.59 Å². The summed E-state index contributed by atoms with van der Waals surface area (Å²) in [5, 5.41) is 5.53. The number of carbonyl (C=O) groups is 2. The van der Waals surface area contributed by atoms with Gasteiger partial charge in [0.25, 0.3) is 0 Å². The van der Waals surface area contributed by atoms with E-state index in [1.165, 1.54) is 0 Å². The molecule has 0 heterocycles. The number of ether oxygens (including phenoxy) is 2. The van der Waals surface area contributed by atoms with E-state index >= 15 is 0 Å². The van der Waals surface area contributed by atoms with Gasteiger partial charge >= 0.3 is 0 Å². The zero-order chi connectivity index (χ0) is 13.6. The maximum Gasteiger partial charge on any atom is 0.230 e. The Balaban J connectivity index is 3.07. The van der Waals surface area contributed by atoms with Crippen LogP contribution >= 0.6 is 15.9 Å². The van der Waals surface area contributed by atoms with E-state index < -0.39 is 0 Å². The second-order valence-corrected chi connectivity index (χ2v) is 3.82. The molecule has 8 heteroatoms.